The molecule has 14 nitrogen and oxygen atoms in total. The number of ether oxygens (including phenoxy) is 2. The summed E-state index contributed by atoms with van der Waals surface area (Å²) in [7, 11) is -3.12. The van der Waals surface area contributed by atoms with Gasteiger partial charge in [-0.1, -0.05) is 18.2 Å². The first kappa shape index (κ1) is 26.7. The van der Waals surface area contributed by atoms with E-state index < -0.39 is 55.9 Å². The van der Waals surface area contributed by atoms with Gasteiger partial charge in [0.2, 0.25) is 11.6 Å². The van der Waals surface area contributed by atoms with Gasteiger partial charge in [0.25, 0.3) is 5.56 Å². The molecular formula is C21H26FN6O8P. The van der Waals surface area contributed by atoms with Crippen molar-refractivity contribution >= 4 is 25.3 Å². The number of carbonyl (C=O) groups is 1. The zero-order valence-electron chi connectivity index (χ0n) is 20.0. The lowest BCUT2D eigenvalue weighted by molar-refractivity contribution is -0.142. The summed E-state index contributed by atoms with van der Waals surface area (Å²) in [6.07, 6.45) is -3.37. The molecule has 6 atom stereocenters. The number of alkyl halides is 1. The minimum absolute atomic E-state index is 0.0144. The maximum absolute atomic E-state index is 15.7. The second-order valence-corrected chi connectivity index (χ2v) is 10.2. The van der Waals surface area contributed by atoms with Gasteiger partial charge in [-0.05, 0) is 26.0 Å². The fourth-order valence-electron chi connectivity index (χ4n) is 3.84. The summed E-state index contributed by atoms with van der Waals surface area (Å²) >= 11 is 0. The third-order valence-electron chi connectivity index (χ3n) is 5.72. The maximum Gasteiger partial charge on any atom is 0.459 e. The fraction of sp³-hybridized carbons (Fsp3) is 0.429. The molecule has 200 valence electrons. The Morgan fingerprint density at radius 3 is 2.81 bits per heavy atom. The number of hydrogen-bond donors (Lipinski definition) is 4. The molecule has 1 aliphatic rings. The number of aliphatic hydroxyl groups is 1. The highest BCUT2D eigenvalue weighted by atomic mass is 31.2. The number of rotatable bonds is 9. The number of aromatic amines is 1. The van der Waals surface area contributed by atoms with E-state index in [1.165, 1.54) is 25.3 Å². The Balaban J connectivity index is 1.57. The lowest BCUT2D eigenvalue weighted by atomic mass is 9.93. The number of hydrogen-bond acceptors (Lipinski definition) is 11. The number of nitrogen functional groups attached to an aromatic ring is 1. The summed E-state index contributed by atoms with van der Waals surface area (Å²) < 4.78 is 51.7. The SMILES string of the molecule is COC(=O)C(C)NP(=O)(OCC1OC(c2cnc3c(=O)[nH]c(N)nn23)C(C)(F)C1O)Oc1ccccc1. The monoisotopic (exact) mass is 540 g/mol. The molecule has 4 rings (SSSR count). The standard InChI is InChI=1S/C21H26FN6O8P/c1-11(19(31)33-3)27-37(32,36-12-7-5-4-6-8-12)34-10-14-15(29)21(2,22)16(35-14)13-9-24-17-18(30)25-20(23)26-28(13)17/h4-9,11,14-16,29H,10H2,1-3H3,(H,27,32)(H3,23,25,26,30). The van der Waals surface area contributed by atoms with Crippen molar-refractivity contribution < 1.29 is 37.4 Å². The molecule has 3 heterocycles. The summed E-state index contributed by atoms with van der Waals surface area (Å²) in [5, 5.41) is 17.1. The molecular weight excluding hydrogens is 514 g/mol. The van der Waals surface area contributed by atoms with Gasteiger partial charge in [0.15, 0.2) is 5.67 Å². The molecule has 0 radical (unpaired) electrons. The molecule has 6 unspecified atom stereocenters. The van der Waals surface area contributed by atoms with Crippen molar-refractivity contribution in [2.45, 2.75) is 43.9 Å². The number of aromatic nitrogens is 4. The molecule has 1 aliphatic heterocycles. The van der Waals surface area contributed by atoms with Crippen LogP contribution in [0.25, 0.3) is 5.65 Å². The molecule has 0 amide bonds. The molecule has 1 aromatic carbocycles. The Kier molecular flexibility index (Phi) is 7.35. The number of aliphatic hydroxyl groups excluding tert-OH is 1. The van der Waals surface area contributed by atoms with Crippen LogP contribution in [0.1, 0.15) is 25.6 Å². The largest absolute Gasteiger partial charge is 0.468 e. The summed E-state index contributed by atoms with van der Waals surface area (Å²) in [5.74, 6) is -0.806. The van der Waals surface area contributed by atoms with Crippen LogP contribution in [-0.4, -0.2) is 68.3 Å². The Hall–Kier alpha value is -3.36. The number of nitrogens with zero attached hydrogens (tertiary/aromatic N) is 3. The minimum atomic E-state index is -4.27. The first-order valence-electron chi connectivity index (χ1n) is 11.1. The summed E-state index contributed by atoms with van der Waals surface area (Å²) in [4.78, 5) is 30.2. The number of esters is 1. The number of halogens is 1. The van der Waals surface area contributed by atoms with Gasteiger partial charge in [-0.25, -0.2) is 18.5 Å². The third-order valence-corrected chi connectivity index (χ3v) is 7.37. The summed E-state index contributed by atoms with van der Waals surface area (Å²) in [6, 6.07) is 6.91. The van der Waals surface area contributed by atoms with E-state index in [2.05, 4.69) is 24.9 Å². The predicted octanol–water partition coefficient (Wildman–Crippen LogP) is 0.884. The van der Waals surface area contributed by atoms with Gasteiger partial charge in [-0.2, -0.15) is 5.09 Å². The Bertz CT molecular complexity index is 1380. The highest BCUT2D eigenvalue weighted by Crippen LogP contribution is 2.48. The van der Waals surface area contributed by atoms with Crippen LogP contribution in [0.5, 0.6) is 5.75 Å². The lowest BCUT2D eigenvalue weighted by Crippen LogP contribution is -2.40. The van der Waals surface area contributed by atoms with Crippen LogP contribution in [0.15, 0.2) is 41.3 Å². The van der Waals surface area contributed by atoms with Crippen molar-refractivity contribution in [3.05, 3.63) is 52.6 Å². The Labute approximate surface area is 209 Å². The van der Waals surface area contributed by atoms with Crippen LogP contribution in [0, 0.1) is 0 Å². The molecule has 2 aromatic heterocycles. The lowest BCUT2D eigenvalue weighted by Gasteiger charge is -2.25. The normalized spacial score (nSPS) is 26.0. The number of nitrogens with one attached hydrogen (secondary N) is 2. The van der Waals surface area contributed by atoms with Gasteiger partial charge in [-0.3, -0.25) is 19.1 Å². The molecule has 5 N–H and O–H groups in total. The van der Waals surface area contributed by atoms with Gasteiger partial charge in [0, 0.05) is 0 Å². The summed E-state index contributed by atoms with van der Waals surface area (Å²) in [5.41, 5.74) is 2.41. The molecule has 0 bridgehead atoms. The second-order valence-electron chi connectivity index (χ2n) is 8.48. The molecule has 0 aliphatic carbocycles. The number of methoxy groups -OCH3 is 1. The van der Waals surface area contributed by atoms with E-state index in [0.29, 0.717) is 0 Å². The number of fused-ring (bicyclic) bond motifs is 1. The van der Waals surface area contributed by atoms with E-state index >= 15 is 4.39 Å². The number of carbonyl (C=O) groups excluding carboxylic acids is 1. The van der Waals surface area contributed by atoms with Crippen LogP contribution >= 0.6 is 7.75 Å². The van der Waals surface area contributed by atoms with Gasteiger partial charge >= 0.3 is 13.7 Å². The van der Waals surface area contributed by atoms with E-state index in [0.717, 1.165) is 18.5 Å². The van der Waals surface area contributed by atoms with Gasteiger partial charge < -0.3 is 24.8 Å². The van der Waals surface area contributed by atoms with Crippen molar-refractivity contribution in [2.75, 3.05) is 19.5 Å². The molecule has 37 heavy (non-hydrogen) atoms. The van der Waals surface area contributed by atoms with Crippen molar-refractivity contribution in [2.24, 2.45) is 0 Å². The second kappa shape index (κ2) is 10.2. The van der Waals surface area contributed by atoms with Crippen LogP contribution in [0.2, 0.25) is 0 Å². The quantitative estimate of drug-likeness (QED) is 0.222. The molecule has 0 spiro atoms. The number of nitrogens with two attached hydrogens (primary N) is 1. The van der Waals surface area contributed by atoms with Crippen LogP contribution in [0.3, 0.4) is 0 Å². The zero-order valence-corrected chi connectivity index (χ0v) is 20.9. The average Bonchev–Trinajstić information content (AvgIpc) is 3.36. The van der Waals surface area contributed by atoms with E-state index in [4.69, 9.17) is 19.5 Å². The van der Waals surface area contributed by atoms with Crippen LogP contribution in [-0.2, 0) is 23.4 Å². The molecule has 16 heteroatoms. The molecule has 3 aromatic rings. The van der Waals surface area contributed by atoms with Crippen molar-refractivity contribution in [3.63, 3.8) is 0 Å². The van der Waals surface area contributed by atoms with E-state index in [-0.39, 0.29) is 23.0 Å². The number of anilines is 1. The number of H-pyrrole nitrogens is 1. The Morgan fingerprint density at radius 2 is 2.14 bits per heavy atom. The van der Waals surface area contributed by atoms with Crippen LogP contribution < -0.4 is 20.9 Å². The third kappa shape index (κ3) is 5.36. The molecule has 1 fully saturated rings. The minimum Gasteiger partial charge on any atom is -0.468 e. The Morgan fingerprint density at radius 1 is 1.43 bits per heavy atom. The fourth-order valence-corrected chi connectivity index (χ4v) is 5.34. The predicted molar refractivity (Wildman–Crippen MR) is 126 cm³/mol. The van der Waals surface area contributed by atoms with Gasteiger partial charge in [-0.15, -0.1) is 5.10 Å². The van der Waals surface area contributed by atoms with Crippen molar-refractivity contribution in [3.8, 4) is 5.75 Å². The van der Waals surface area contributed by atoms with E-state index in [1.807, 2.05) is 0 Å². The van der Waals surface area contributed by atoms with Crippen molar-refractivity contribution in [1.29, 1.82) is 0 Å². The number of para-hydroxylation sites is 1. The van der Waals surface area contributed by atoms with E-state index in [1.54, 1.807) is 18.2 Å². The number of imidazole rings is 1. The molecule has 1 saturated heterocycles. The van der Waals surface area contributed by atoms with Crippen LogP contribution in [0.4, 0.5) is 10.3 Å². The summed E-state index contributed by atoms with van der Waals surface area (Å²) in [6.45, 7) is 1.88. The molecule has 0 saturated carbocycles. The van der Waals surface area contributed by atoms with Gasteiger partial charge in [0.05, 0.1) is 25.6 Å². The zero-order chi connectivity index (χ0) is 27.0. The first-order chi connectivity index (χ1) is 17.4. The number of benzene rings is 1. The first-order valence-corrected chi connectivity index (χ1v) is 12.6. The maximum atomic E-state index is 15.7. The average molecular weight is 540 g/mol. The van der Waals surface area contributed by atoms with Crippen molar-refractivity contribution in [1.82, 2.24) is 24.7 Å². The smallest absolute Gasteiger partial charge is 0.459 e. The van der Waals surface area contributed by atoms with E-state index in [9.17, 15) is 19.3 Å². The highest BCUT2D eigenvalue weighted by Gasteiger charge is 2.56. The van der Waals surface area contributed by atoms with Gasteiger partial charge in [0.1, 0.15) is 30.1 Å². The highest BCUT2D eigenvalue weighted by molar-refractivity contribution is 7.52. The topological polar surface area (TPSA) is 192 Å².